The molecular weight excluding hydrogens is 377 g/mol. The number of carbonyl (C=O) groups is 1. The summed E-state index contributed by atoms with van der Waals surface area (Å²) >= 11 is 0. The predicted octanol–water partition coefficient (Wildman–Crippen LogP) is 4.60. The summed E-state index contributed by atoms with van der Waals surface area (Å²) in [6, 6.07) is 6.98. The highest BCUT2D eigenvalue weighted by molar-refractivity contribution is 5.88. The number of ether oxygens (including phenoxy) is 2. The summed E-state index contributed by atoms with van der Waals surface area (Å²) in [6.07, 6.45) is 3.70. The van der Waals surface area contributed by atoms with Gasteiger partial charge in [0.15, 0.2) is 5.82 Å². The Morgan fingerprint density at radius 1 is 1.41 bits per heavy atom. The monoisotopic (exact) mass is 401 g/mol. The van der Waals surface area contributed by atoms with Crippen LogP contribution in [0.25, 0.3) is 0 Å². The Kier molecular flexibility index (Phi) is 7.70. The van der Waals surface area contributed by atoms with Crippen LogP contribution < -0.4 is 9.75 Å². The van der Waals surface area contributed by atoms with Gasteiger partial charge in [-0.25, -0.2) is 14.2 Å². The first kappa shape index (κ1) is 21.9. The first-order valence-electron chi connectivity index (χ1n) is 9.09. The molecule has 1 atom stereocenters. The minimum absolute atomic E-state index is 0.0573. The fourth-order valence-corrected chi connectivity index (χ4v) is 2.40. The van der Waals surface area contributed by atoms with Crippen LogP contribution in [-0.2, 0) is 11.3 Å². The van der Waals surface area contributed by atoms with Crippen LogP contribution in [0, 0.1) is 5.82 Å². The van der Waals surface area contributed by atoms with Crippen molar-refractivity contribution in [3.05, 3.63) is 65.4 Å². The standard InChI is InChI=1S/C21H24FN3O4/c1-5-14(3)29-18-12-17(22)8-7-16(18)13-28-20(6-2)25(23-4)19-11-15(21(26)27)9-10-24-19/h6-12,14H,4-5,13H2,1-3H3,(H,26,27)/b20-6+. The first-order valence-corrected chi connectivity index (χ1v) is 9.09. The molecule has 8 heteroatoms. The lowest BCUT2D eigenvalue weighted by molar-refractivity contribution is 0.0696. The second-order valence-corrected chi connectivity index (χ2v) is 6.17. The molecule has 1 N–H and O–H groups in total. The number of carboxylic acids is 1. The molecule has 1 unspecified atom stereocenters. The van der Waals surface area contributed by atoms with Gasteiger partial charge in [-0.1, -0.05) is 6.92 Å². The molecule has 0 bridgehead atoms. The van der Waals surface area contributed by atoms with E-state index in [9.17, 15) is 14.3 Å². The number of anilines is 1. The highest BCUT2D eigenvalue weighted by atomic mass is 19.1. The van der Waals surface area contributed by atoms with Crippen molar-refractivity contribution in [3.63, 3.8) is 0 Å². The molecule has 29 heavy (non-hydrogen) atoms. The number of hydrogen-bond acceptors (Lipinski definition) is 6. The lowest BCUT2D eigenvalue weighted by atomic mass is 10.2. The van der Waals surface area contributed by atoms with E-state index in [1.807, 2.05) is 13.8 Å². The number of carboxylic acid groups (broad SMARTS) is 1. The lowest BCUT2D eigenvalue weighted by Crippen LogP contribution is -2.19. The molecule has 2 aromatic rings. The van der Waals surface area contributed by atoms with E-state index in [4.69, 9.17) is 9.47 Å². The second-order valence-electron chi connectivity index (χ2n) is 6.17. The van der Waals surface area contributed by atoms with Crippen LogP contribution in [0.4, 0.5) is 10.2 Å². The van der Waals surface area contributed by atoms with E-state index in [1.165, 1.54) is 35.5 Å². The van der Waals surface area contributed by atoms with Gasteiger partial charge >= 0.3 is 5.97 Å². The maximum atomic E-state index is 13.7. The Balaban J connectivity index is 2.23. The Bertz CT molecular complexity index is 901. The van der Waals surface area contributed by atoms with E-state index in [0.29, 0.717) is 11.3 Å². The zero-order valence-electron chi connectivity index (χ0n) is 16.6. The van der Waals surface area contributed by atoms with Gasteiger partial charge in [0, 0.05) is 24.5 Å². The van der Waals surface area contributed by atoms with Gasteiger partial charge in [0.05, 0.1) is 11.7 Å². The fourth-order valence-electron chi connectivity index (χ4n) is 2.40. The van der Waals surface area contributed by atoms with E-state index < -0.39 is 11.8 Å². The fraction of sp³-hybridized carbons (Fsp3) is 0.286. The van der Waals surface area contributed by atoms with Crippen molar-refractivity contribution < 1.29 is 23.8 Å². The zero-order valence-corrected chi connectivity index (χ0v) is 16.6. The van der Waals surface area contributed by atoms with Crippen LogP contribution in [0.15, 0.2) is 53.6 Å². The Hall–Kier alpha value is -3.42. The van der Waals surface area contributed by atoms with Crippen LogP contribution in [0.2, 0.25) is 0 Å². The summed E-state index contributed by atoms with van der Waals surface area (Å²) in [4.78, 5) is 15.3. The van der Waals surface area contributed by atoms with Crippen molar-refractivity contribution in [3.8, 4) is 5.75 Å². The van der Waals surface area contributed by atoms with Gasteiger partial charge in [0.2, 0.25) is 5.88 Å². The maximum Gasteiger partial charge on any atom is 0.335 e. The van der Waals surface area contributed by atoms with Crippen molar-refractivity contribution >= 4 is 18.5 Å². The smallest absolute Gasteiger partial charge is 0.335 e. The van der Waals surface area contributed by atoms with E-state index >= 15 is 0 Å². The Morgan fingerprint density at radius 3 is 2.79 bits per heavy atom. The van der Waals surface area contributed by atoms with Crippen molar-refractivity contribution in [1.82, 2.24) is 4.98 Å². The predicted molar refractivity (Wildman–Crippen MR) is 109 cm³/mol. The number of halogens is 1. The minimum Gasteiger partial charge on any atom is -0.490 e. The van der Waals surface area contributed by atoms with Crippen LogP contribution in [0.5, 0.6) is 5.75 Å². The van der Waals surface area contributed by atoms with Gasteiger partial charge in [-0.3, -0.25) is 0 Å². The molecule has 1 aromatic heterocycles. The third-order valence-electron chi connectivity index (χ3n) is 4.11. The maximum absolute atomic E-state index is 13.7. The second kappa shape index (κ2) is 10.2. The molecule has 0 radical (unpaired) electrons. The average molecular weight is 401 g/mol. The topological polar surface area (TPSA) is 84.2 Å². The zero-order chi connectivity index (χ0) is 21.4. The summed E-state index contributed by atoms with van der Waals surface area (Å²) in [5.41, 5.74) is 0.712. The van der Waals surface area contributed by atoms with Crippen LogP contribution in [0.1, 0.15) is 43.1 Å². The molecule has 0 saturated heterocycles. The van der Waals surface area contributed by atoms with E-state index in [-0.39, 0.29) is 30.0 Å². The quantitative estimate of drug-likeness (QED) is 0.356. The third-order valence-corrected chi connectivity index (χ3v) is 4.11. The molecule has 0 fully saturated rings. The molecular formula is C21H24FN3O4. The molecule has 2 rings (SSSR count). The number of hydrogen-bond donors (Lipinski definition) is 1. The minimum atomic E-state index is -1.08. The number of rotatable bonds is 10. The molecule has 0 saturated carbocycles. The van der Waals surface area contributed by atoms with Gasteiger partial charge in [-0.2, -0.15) is 10.1 Å². The van der Waals surface area contributed by atoms with Gasteiger partial charge in [-0.15, -0.1) is 0 Å². The van der Waals surface area contributed by atoms with Gasteiger partial charge in [-0.05, 0) is 50.6 Å². The van der Waals surface area contributed by atoms with E-state index in [1.54, 1.807) is 19.1 Å². The lowest BCUT2D eigenvalue weighted by Gasteiger charge is -2.22. The van der Waals surface area contributed by atoms with E-state index in [0.717, 1.165) is 6.42 Å². The molecule has 0 aliphatic heterocycles. The van der Waals surface area contributed by atoms with Crippen LogP contribution >= 0.6 is 0 Å². The molecule has 1 aromatic carbocycles. The third kappa shape index (κ3) is 5.78. The number of nitrogens with zero attached hydrogens (tertiary/aromatic N) is 3. The van der Waals surface area contributed by atoms with Crippen LogP contribution in [-0.4, -0.2) is 28.9 Å². The largest absolute Gasteiger partial charge is 0.490 e. The summed E-state index contributed by atoms with van der Waals surface area (Å²) in [7, 11) is 0. The Morgan fingerprint density at radius 2 is 2.17 bits per heavy atom. The summed E-state index contributed by atoms with van der Waals surface area (Å²) < 4.78 is 25.3. The molecule has 0 aliphatic rings. The average Bonchev–Trinajstić information content (AvgIpc) is 2.72. The number of hydrazone groups is 1. The molecule has 154 valence electrons. The van der Waals surface area contributed by atoms with Gasteiger partial charge < -0.3 is 14.6 Å². The Labute approximate surface area is 169 Å². The van der Waals surface area contributed by atoms with Crippen molar-refractivity contribution in [1.29, 1.82) is 0 Å². The summed E-state index contributed by atoms with van der Waals surface area (Å²) in [5, 5.41) is 14.3. The highest BCUT2D eigenvalue weighted by Crippen LogP contribution is 2.25. The number of aromatic nitrogens is 1. The van der Waals surface area contributed by atoms with Gasteiger partial charge in [0.1, 0.15) is 18.2 Å². The molecule has 1 heterocycles. The van der Waals surface area contributed by atoms with E-state index in [2.05, 4.69) is 16.8 Å². The van der Waals surface area contributed by atoms with Gasteiger partial charge in [0.25, 0.3) is 0 Å². The highest BCUT2D eigenvalue weighted by Gasteiger charge is 2.17. The summed E-state index contributed by atoms with van der Waals surface area (Å²) in [6.45, 7) is 9.20. The molecule has 0 spiro atoms. The normalized spacial score (nSPS) is 12.2. The summed E-state index contributed by atoms with van der Waals surface area (Å²) in [5.74, 6) is -0.558. The molecule has 0 aliphatic carbocycles. The number of aromatic carboxylic acids is 1. The van der Waals surface area contributed by atoms with Crippen molar-refractivity contribution in [2.24, 2.45) is 5.10 Å². The molecule has 0 amide bonds. The number of benzene rings is 1. The van der Waals surface area contributed by atoms with Crippen molar-refractivity contribution in [2.45, 2.75) is 39.9 Å². The number of pyridine rings is 1. The first-order chi connectivity index (χ1) is 13.9. The molecule has 7 nitrogen and oxygen atoms in total. The SMILES string of the molecule is C=NN(/C(=C\C)OCc1ccc(F)cc1OC(C)CC)c1cc(C(=O)O)ccn1. The van der Waals surface area contributed by atoms with Crippen molar-refractivity contribution in [2.75, 3.05) is 5.01 Å². The number of allylic oxidation sites excluding steroid dienone is 1. The van der Waals surface area contributed by atoms with Crippen LogP contribution in [0.3, 0.4) is 0 Å².